The van der Waals surface area contributed by atoms with Gasteiger partial charge in [-0.15, -0.1) is 0 Å². The highest BCUT2D eigenvalue weighted by atomic mass is 32.2. The zero-order chi connectivity index (χ0) is 29.7. The van der Waals surface area contributed by atoms with Crippen molar-refractivity contribution in [2.45, 2.75) is 55.7 Å². The van der Waals surface area contributed by atoms with Crippen molar-refractivity contribution in [1.82, 2.24) is 14.5 Å². The fourth-order valence-electron chi connectivity index (χ4n) is 4.50. The van der Waals surface area contributed by atoms with E-state index in [1.54, 1.807) is 44.2 Å². The van der Waals surface area contributed by atoms with E-state index in [9.17, 15) is 28.8 Å². The maximum Gasteiger partial charge on any atom is 0.277 e. The number of nitrogens with zero attached hydrogens (tertiary/aromatic N) is 5. The molecule has 0 saturated heterocycles. The first-order chi connectivity index (χ1) is 19.6. The van der Waals surface area contributed by atoms with E-state index in [1.807, 2.05) is 6.92 Å². The van der Waals surface area contributed by atoms with Gasteiger partial charge in [0.1, 0.15) is 18.5 Å². The molecule has 10 nitrogen and oxygen atoms in total. The van der Waals surface area contributed by atoms with E-state index < -0.39 is 32.2 Å². The highest BCUT2D eigenvalue weighted by Crippen LogP contribution is 2.30. The van der Waals surface area contributed by atoms with Crippen molar-refractivity contribution in [1.29, 1.82) is 10.5 Å². The number of ether oxygens (including phenoxy) is 1. The van der Waals surface area contributed by atoms with Crippen molar-refractivity contribution in [3.63, 3.8) is 0 Å². The van der Waals surface area contributed by atoms with Crippen LogP contribution in [0.4, 0.5) is 0 Å². The summed E-state index contributed by atoms with van der Waals surface area (Å²) in [5.41, 5.74) is 1.48. The van der Waals surface area contributed by atoms with Crippen molar-refractivity contribution in [3.8, 4) is 29.1 Å². The minimum absolute atomic E-state index is 0.0476. The van der Waals surface area contributed by atoms with Crippen molar-refractivity contribution in [3.05, 3.63) is 99.9 Å². The van der Waals surface area contributed by atoms with Gasteiger partial charge in [-0.2, -0.15) is 15.5 Å². The number of benzene rings is 2. The van der Waals surface area contributed by atoms with Crippen LogP contribution in [-0.4, -0.2) is 34.2 Å². The molecule has 0 spiro atoms. The first-order valence-corrected chi connectivity index (χ1v) is 14.3. The molecule has 2 aromatic carbocycles. The van der Waals surface area contributed by atoms with Gasteiger partial charge in [-0.1, -0.05) is 31.2 Å². The van der Waals surface area contributed by atoms with Crippen molar-refractivity contribution in [2.75, 3.05) is 0 Å². The average molecular weight is 570 g/mol. The molecule has 0 aliphatic heterocycles. The molecule has 2 heterocycles. The van der Waals surface area contributed by atoms with Crippen LogP contribution in [0, 0.1) is 22.7 Å². The molecule has 0 bridgehead atoms. The molecule has 4 rings (SSSR count). The zero-order valence-electron chi connectivity index (χ0n) is 22.6. The lowest BCUT2D eigenvalue weighted by molar-refractivity contribution is 0.0573. The van der Waals surface area contributed by atoms with Gasteiger partial charge in [0, 0.05) is 18.0 Å². The van der Waals surface area contributed by atoms with Crippen LogP contribution in [0.5, 0.6) is 5.88 Å². The number of aromatic hydroxyl groups is 1. The molecule has 0 fully saturated rings. The van der Waals surface area contributed by atoms with E-state index in [1.165, 1.54) is 41.2 Å². The summed E-state index contributed by atoms with van der Waals surface area (Å²) >= 11 is 0. The van der Waals surface area contributed by atoms with Gasteiger partial charge in [0.15, 0.2) is 4.90 Å². The summed E-state index contributed by atoms with van der Waals surface area (Å²) in [5, 5.41) is 29.6. The third kappa shape index (κ3) is 5.87. The molecular formula is C30H27N5O5S. The quantitative estimate of drug-likeness (QED) is 0.306. The Morgan fingerprint density at radius 3 is 2.44 bits per heavy atom. The number of pyridine rings is 1. The van der Waals surface area contributed by atoms with E-state index in [2.05, 4.69) is 22.1 Å². The van der Waals surface area contributed by atoms with Gasteiger partial charge < -0.3 is 9.84 Å². The Morgan fingerprint density at radius 2 is 1.80 bits per heavy atom. The van der Waals surface area contributed by atoms with Gasteiger partial charge in [0.05, 0.1) is 34.2 Å². The molecule has 1 atom stereocenters. The normalized spacial score (nSPS) is 12.0. The number of sulfone groups is 1. The maximum absolute atomic E-state index is 14.0. The van der Waals surface area contributed by atoms with Crippen LogP contribution in [-0.2, 0) is 21.2 Å². The molecule has 1 unspecified atom stereocenters. The molecule has 0 amide bonds. The van der Waals surface area contributed by atoms with Crippen molar-refractivity contribution >= 4 is 9.84 Å². The molecule has 41 heavy (non-hydrogen) atoms. The number of nitriles is 2. The third-order valence-electron chi connectivity index (χ3n) is 6.46. The highest BCUT2D eigenvalue weighted by molar-refractivity contribution is 7.91. The minimum atomic E-state index is -4.54. The molecular weight excluding hydrogens is 542 g/mol. The number of hydrogen-bond acceptors (Lipinski definition) is 9. The van der Waals surface area contributed by atoms with Gasteiger partial charge in [-0.3, -0.25) is 14.3 Å². The van der Waals surface area contributed by atoms with Crippen molar-refractivity contribution in [2.24, 2.45) is 0 Å². The first-order valence-electron chi connectivity index (χ1n) is 12.8. The largest absolute Gasteiger partial charge is 0.492 e. The number of hydrogen-bond donors (Lipinski definition) is 1. The van der Waals surface area contributed by atoms with E-state index >= 15 is 0 Å². The van der Waals surface area contributed by atoms with E-state index in [0.717, 1.165) is 0 Å². The third-order valence-corrected chi connectivity index (χ3v) is 8.25. The van der Waals surface area contributed by atoms with Crippen LogP contribution in [0.25, 0.3) is 11.1 Å². The molecule has 1 N–H and O–H groups in total. The van der Waals surface area contributed by atoms with Gasteiger partial charge in [-0.05, 0) is 61.7 Å². The van der Waals surface area contributed by atoms with E-state index in [0.29, 0.717) is 34.2 Å². The minimum Gasteiger partial charge on any atom is -0.492 e. The SMILES string of the molecule is CCC(c1cccc(C#N)c1)n1c(COC(C)C)nc(O)c(S(=O)(=O)c2ccc(-c3ccncc3C#N)cc2)c1=O. The van der Waals surface area contributed by atoms with Crippen LogP contribution in [0.3, 0.4) is 0 Å². The van der Waals surface area contributed by atoms with E-state index in [4.69, 9.17) is 4.74 Å². The predicted molar refractivity (Wildman–Crippen MR) is 150 cm³/mol. The Hall–Kier alpha value is -4.84. The fraction of sp³-hybridized carbons (Fsp3) is 0.233. The molecule has 2 aromatic heterocycles. The van der Waals surface area contributed by atoms with Gasteiger partial charge in [0.2, 0.25) is 15.7 Å². The molecule has 208 valence electrons. The molecule has 0 aliphatic carbocycles. The van der Waals surface area contributed by atoms with Crippen LogP contribution >= 0.6 is 0 Å². The second kappa shape index (κ2) is 12.1. The van der Waals surface area contributed by atoms with Crippen LogP contribution in [0.2, 0.25) is 0 Å². The Morgan fingerprint density at radius 1 is 1.07 bits per heavy atom. The fourth-order valence-corrected chi connectivity index (χ4v) is 5.84. The van der Waals surface area contributed by atoms with Gasteiger partial charge >= 0.3 is 0 Å². The molecule has 0 radical (unpaired) electrons. The summed E-state index contributed by atoms with van der Waals surface area (Å²) in [6.45, 7) is 5.25. The highest BCUT2D eigenvalue weighted by Gasteiger charge is 2.32. The summed E-state index contributed by atoms with van der Waals surface area (Å²) in [4.78, 5) is 21.0. The Kier molecular flexibility index (Phi) is 8.62. The zero-order valence-corrected chi connectivity index (χ0v) is 23.5. The average Bonchev–Trinajstić information content (AvgIpc) is 2.97. The van der Waals surface area contributed by atoms with E-state index in [-0.39, 0.29) is 23.4 Å². The van der Waals surface area contributed by atoms with Crippen molar-refractivity contribution < 1.29 is 18.3 Å². The Labute approximate surface area is 237 Å². The second-order valence-corrected chi connectivity index (χ2v) is 11.3. The number of rotatable bonds is 9. The smallest absolute Gasteiger partial charge is 0.277 e. The summed E-state index contributed by atoms with van der Waals surface area (Å²) in [6.07, 6.45) is 3.06. The summed E-state index contributed by atoms with van der Waals surface area (Å²) in [6, 6.07) is 17.4. The Bertz CT molecular complexity index is 1840. The maximum atomic E-state index is 14.0. The topological polar surface area (TPSA) is 159 Å². The van der Waals surface area contributed by atoms with Gasteiger partial charge in [0.25, 0.3) is 5.56 Å². The molecule has 0 aliphatic rings. The van der Waals surface area contributed by atoms with Crippen LogP contribution < -0.4 is 5.56 Å². The first kappa shape index (κ1) is 29.2. The monoisotopic (exact) mass is 569 g/mol. The summed E-state index contributed by atoms with van der Waals surface area (Å²) in [5.74, 6) is -0.884. The summed E-state index contributed by atoms with van der Waals surface area (Å²) < 4.78 is 34.4. The second-order valence-electron chi connectivity index (χ2n) is 9.44. The predicted octanol–water partition coefficient (Wildman–Crippen LogP) is 4.51. The van der Waals surface area contributed by atoms with Gasteiger partial charge in [-0.25, -0.2) is 8.42 Å². The molecule has 11 heteroatoms. The number of aromatic nitrogens is 3. The lowest BCUT2D eigenvalue weighted by Crippen LogP contribution is -2.34. The molecule has 0 saturated carbocycles. The molecule has 4 aromatic rings. The standard InChI is InChI=1S/C30H27N5O5S/c1-4-26(22-7-5-6-20(14-22)15-31)35-27(18-40-19(2)3)34-29(36)28(30(35)37)41(38,39)24-10-8-21(9-11-24)25-12-13-33-17-23(25)16-32/h5-14,17,19,26,36H,4,18H2,1-3H3. The lowest BCUT2D eigenvalue weighted by atomic mass is 10.0. The Balaban J connectivity index is 1.88. The van der Waals surface area contributed by atoms with Crippen LogP contribution in [0.15, 0.2) is 81.6 Å². The lowest BCUT2D eigenvalue weighted by Gasteiger charge is -2.24. The summed E-state index contributed by atoms with van der Waals surface area (Å²) in [7, 11) is -4.54. The van der Waals surface area contributed by atoms with Crippen LogP contribution in [0.1, 0.15) is 55.7 Å².